The van der Waals surface area contributed by atoms with E-state index in [1.165, 1.54) is 101 Å². The van der Waals surface area contributed by atoms with Gasteiger partial charge < -0.3 is 18.9 Å². The molecular weight excluding hydrogens is 1090 g/mol. The molecule has 3 saturated heterocycles. The van der Waals surface area contributed by atoms with Crippen molar-refractivity contribution in [2.24, 2.45) is 29.6 Å². The van der Waals surface area contributed by atoms with E-state index in [2.05, 4.69) is 86.6 Å². The van der Waals surface area contributed by atoms with E-state index in [0.717, 1.165) is 72.2 Å². The van der Waals surface area contributed by atoms with Crippen molar-refractivity contribution in [2.45, 2.75) is 194 Å². The molecule has 4 fully saturated rings. The molecule has 1 saturated carbocycles. The lowest BCUT2D eigenvalue weighted by molar-refractivity contribution is -0.187. The smallest absolute Gasteiger partial charge is 0.154 e. The second kappa shape index (κ2) is 38.7. The predicted molar refractivity (Wildman–Crippen MR) is 349 cm³/mol. The molecule has 474 valence electrons. The van der Waals surface area contributed by atoms with Gasteiger partial charge in [-0.25, -0.2) is 26.3 Å². The van der Waals surface area contributed by atoms with E-state index in [4.69, 9.17) is 18.9 Å². The van der Waals surface area contributed by atoms with Crippen LogP contribution in [0, 0.1) is 134 Å². The zero-order valence-electron chi connectivity index (χ0n) is 55.4. The first-order valence-corrected chi connectivity index (χ1v) is 31.2. The van der Waals surface area contributed by atoms with E-state index in [1.807, 2.05) is 70.2 Å². The van der Waals surface area contributed by atoms with Crippen molar-refractivity contribution in [1.82, 2.24) is 0 Å². The fourth-order valence-corrected chi connectivity index (χ4v) is 9.33. The lowest BCUT2D eigenvalue weighted by atomic mass is 9.84. The second-order valence-electron chi connectivity index (χ2n) is 25.1. The molecule has 86 heavy (non-hydrogen) atoms. The van der Waals surface area contributed by atoms with Crippen molar-refractivity contribution >= 4 is 21.5 Å². The summed E-state index contributed by atoms with van der Waals surface area (Å²) in [6.45, 7) is 39.2. The zero-order valence-corrected chi connectivity index (χ0v) is 55.4. The molecule has 7 aromatic carbocycles. The SMILES string of the molecule is CC1CCC(C)CC1.CC1CCC(C)OC1.CC1CCC(C)OC1.CC1COC(C)OC1.Cc1cc(F)c(C)c(F)c1.Cc1ccc(C)c(F)c1.Cc1ccc(C)cc1.Cc1ccc2c(F)c(C)c(F)cc2c1.Cc1ccc2c(F)c(C)ccc2c1. The van der Waals surface area contributed by atoms with Crippen LogP contribution in [0.15, 0.2) is 109 Å². The van der Waals surface area contributed by atoms with E-state index < -0.39 is 23.3 Å². The highest BCUT2D eigenvalue weighted by Crippen LogP contribution is 2.28. The number of benzene rings is 7. The molecule has 0 bridgehead atoms. The maximum Gasteiger partial charge on any atom is 0.154 e. The summed E-state index contributed by atoms with van der Waals surface area (Å²) < 4.78 is 99.2. The number of ether oxygens (including phenoxy) is 4. The molecule has 11 rings (SSSR count). The van der Waals surface area contributed by atoms with Crippen LogP contribution in [0.1, 0.15) is 162 Å². The first-order valence-electron chi connectivity index (χ1n) is 31.2. The maximum absolute atomic E-state index is 13.6. The Balaban J connectivity index is 0.000000256. The monoisotopic (exact) mass is 1190 g/mol. The second-order valence-corrected chi connectivity index (χ2v) is 25.1. The van der Waals surface area contributed by atoms with Gasteiger partial charge in [0.1, 0.15) is 34.9 Å². The van der Waals surface area contributed by atoms with Gasteiger partial charge in [-0.15, -0.1) is 0 Å². The molecule has 3 aliphatic heterocycles. The van der Waals surface area contributed by atoms with Gasteiger partial charge in [0.2, 0.25) is 0 Å². The van der Waals surface area contributed by atoms with Crippen molar-refractivity contribution in [1.29, 1.82) is 0 Å². The summed E-state index contributed by atoms with van der Waals surface area (Å²) in [5, 5.41) is 2.79. The van der Waals surface area contributed by atoms with Crippen LogP contribution in [-0.2, 0) is 18.9 Å². The third-order valence-electron chi connectivity index (χ3n) is 15.7. The van der Waals surface area contributed by atoms with Gasteiger partial charge in [0.25, 0.3) is 0 Å². The Labute approximate surface area is 514 Å². The molecule has 3 heterocycles. The van der Waals surface area contributed by atoms with Gasteiger partial charge >= 0.3 is 0 Å². The highest BCUT2D eigenvalue weighted by Gasteiger charge is 2.16. The van der Waals surface area contributed by atoms with Crippen LogP contribution < -0.4 is 0 Å². The summed E-state index contributed by atoms with van der Waals surface area (Å²) >= 11 is 0. The molecule has 4 aliphatic rings. The number of fused-ring (bicyclic) bond motifs is 2. The largest absolute Gasteiger partial charge is 0.378 e. The number of halogens is 6. The molecule has 4 atom stereocenters. The van der Waals surface area contributed by atoms with Crippen LogP contribution >= 0.6 is 0 Å². The average molecular weight is 1200 g/mol. The van der Waals surface area contributed by atoms with Gasteiger partial charge in [-0.05, 0) is 197 Å². The van der Waals surface area contributed by atoms with E-state index in [1.54, 1.807) is 39.0 Å². The Hall–Kier alpha value is -5.52. The molecule has 10 heteroatoms. The van der Waals surface area contributed by atoms with Crippen LogP contribution in [0.2, 0.25) is 0 Å². The van der Waals surface area contributed by atoms with Gasteiger partial charge in [-0.2, -0.15) is 0 Å². The summed E-state index contributed by atoms with van der Waals surface area (Å²) in [6.07, 6.45) is 12.2. The van der Waals surface area contributed by atoms with E-state index in [9.17, 15) is 26.3 Å². The quantitative estimate of drug-likeness (QED) is 0.142. The summed E-state index contributed by atoms with van der Waals surface area (Å²) in [4.78, 5) is 0. The molecular formula is C76H104F6O4. The average Bonchev–Trinajstić information content (AvgIpc) is 1.73. The highest BCUT2D eigenvalue weighted by molar-refractivity contribution is 5.85. The minimum Gasteiger partial charge on any atom is -0.378 e. The van der Waals surface area contributed by atoms with Crippen LogP contribution in [0.4, 0.5) is 26.3 Å². The molecule has 0 aromatic heterocycles. The van der Waals surface area contributed by atoms with Crippen LogP contribution in [0.25, 0.3) is 21.5 Å². The van der Waals surface area contributed by atoms with Gasteiger partial charge in [0.15, 0.2) is 6.29 Å². The van der Waals surface area contributed by atoms with Gasteiger partial charge in [0, 0.05) is 41.0 Å². The van der Waals surface area contributed by atoms with Gasteiger partial charge in [-0.3, -0.25) is 0 Å². The summed E-state index contributed by atoms with van der Waals surface area (Å²) in [5.41, 5.74) is 7.99. The fraction of sp³-hybridized carbons (Fsp3) is 0.500. The van der Waals surface area contributed by atoms with Crippen molar-refractivity contribution in [2.75, 3.05) is 26.4 Å². The normalized spacial score (nSPS) is 21.2. The molecule has 0 spiro atoms. The number of aryl methyl sites for hydroxylation is 8. The first kappa shape index (κ1) is 74.7. The summed E-state index contributed by atoms with van der Waals surface area (Å²) in [5.74, 6) is 2.10. The lowest BCUT2D eigenvalue weighted by Gasteiger charge is -2.24. The van der Waals surface area contributed by atoms with E-state index >= 15 is 0 Å². The van der Waals surface area contributed by atoms with E-state index in [-0.39, 0.29) is 29.1 Å². The third-order valence-corrected chi connectivity index (χ3v) is 15.7. The van der Waals surface area contributed by atoms with E-state index in [0.29, 0.717) is 51.0 Å². The van der Waals surface area contributed by atoms with Crippen molar-refractivity contribution in [3.05, 3.63) is 200 Å². The molecule has 1 aliphatic carbocycles. The number of rotatable bonds is 0. The number of hydrogen-bond acceptors (Lipinski definition) is 4. The Morgan fingerprint density at radius 1 is 0.291 bits per heavy atom. The van der Waals surface area contributed by atoms with Crippen LogP contribution in [0.5, 0.6) is 0 Å². The van der Waals surface area contributed by atoms with Crippen molar-refractivity contribution < 1.29 is 45.3 Å². The number of hydrogen-bond donors (Lipinski definition) is 0. The van der Waals surface area contributed by atoms with Crippen LogP contribution in [0.3, 0.4) is 0 Å². The first-order chi connectivity index (χ1) is 40.5. The Bertz CT molecular complexity index is 2890. The Kier molecular flexibility index (Phi) is 33.6. The van der Waals surface area contributed by atoms with Crippen molar-refractivity contribution in [3.8, 4) is 0 Å². The summed E-state index contributed by atoms with van der Waals surface area (Å²) in [7, 11) is 0. The predicted octanol–water partition coefficient (Wildman–Crippen LogP) is 22.1. The van der Waals surface area contributed by atoms with Gasteiger partial charge in [0.05, 0.1) is 25.4 Å². The third kappa shape index (κ3) is 28.5. The maximum atomic E-state index is 13.6. The fourth-order valence-electron chi connectivity index (χ4n) is 9.33. The highest BCUT2D eigenvalue weighted by atomic mass is 19.2. The van der Waals surface area contributed by atoms with Crippen molar-refractivity contribution in [3.63, 3.8) is 0 Å². The molecule has 0 N–H and O–H groups in total. The standard InChI is InChI=1S/C12H10F2.C12H11F.C8H8F2.C8H9F.C8H16.C8H10.2C7H14O.C6H12O2/c1-7-3-4-10-9(5-7)6-11(13)8(2)12(10)14;1-8-3-6-11-10(7-8)5-4-9(2)12(11)13;1-5-3-7(9)6(2)8(10)4-5;1-6-3-4-7(2)8(9)5-6;2*1-7-3-5-8(2)6-4-7;2*1-6-3-4-7(2)8-5-6;1-5-3-7-6(2)8-4-5/h3-6H,1-2H3;3-7H,1-2H3;3-4H,1-2H3;3-5H,1-2H3;7-8H,3-6H2,1-2H3;3-6H,1-2H3;2*6-7H,3-5H2,1-2H3;5-6H,3-4H2,1-2H3. The zero-order chi connectivity index (χ0) is 64.2. The molecule has 0 radical (unpaired) electrons. The summed E-state index contributed by atoms with van der Waals surface area (Å²) in [6, 6.07) is 32.6. The lowest BCUT2D eigenvalue weighted by Crippen LogP contribution is -2.27. The molecule has 4 unspecified atom stereocenters. The topological polar surface area (TPSA) is 36.9 Å². The minimum absolute atomic E-state index is 0.0196. The Morgan fingerprint density at radius 2 is 0.651 bits per heavy atom. The molecule has 0 amide bonds. The van der Waals surface area contributed by atoms with Gasteiger partial charge in [-0.1, -0.05) is 167 Å². The molecule has 4 nitrogen and oxygen atoms in total. The minimum atomic E-state index is -0.486. The Morgan fingerprint density at radius 3 is 1.06 bits per heavy atom. The molecule has 7 aromatic rings. The van der Waals surface area contributed by atoms with Crippen LogP contribution in [-0.4, -0.2) is 44.9 Å².